The van der Waals surface area contributed by atoms with Crippen LogP contribution in [0.15, 0.2) is 17.3 Å². The van der Waals surface area contributed by atoms with Crippen LogP contribution in [-0.2, 0) is 14.3 Å². The van der Waals surface area contributed by atoms with Gasteiger partial charge < -0.3 is 4.74 Å². The summed E-state index contributed by atoms with van der Waals surface area (Å²) in [6, 6.07) is 0. The van der Waals surface area contributed by atoms with Gasteiger partial charge >= 0.3 is 5.97 Å². The van der Waals surface area contributed by atoms with Crippen molar-refractivity contribution >= 4 is 18.1 Å². The third-order valence-electron chi connectivity index (χ3n) is 3.48. The van der Waals surface area contributed by atoms with E-state index in [2.05, 4.69) is 29.6 Å². The van der Waals surface area contributed by atoms with Crippen LogP contribution >= 0.6 is 0 Å². The smallest absolute Gasteiger partial charge is 0.305 e. The van der Waals surface area contributed by atoms with E-state index < -0.39 is 0 Å². The van der Waals surface area contributed by atoms with Gasteiger partial charge in [-0.15, -0.1) is 0 Å². The molecule has 1 rings (SSSR count). The molecule has 1 aliphatic rings. The van der Waals surface area contributed by atoms with Crippen molar-refractivity contribution in [3.05, 3.63) is 12.2 Å². The van der Waals surface area contributed by atoms with Crippen molar-refractivity contribution in [2.45, 2.75) is 39.0 Å². The molecule has 1 aliphatic carbocycles. The predicted octanol–water partition coefficient (Wildman–Crippen LogP) is 2.03. The highest BCUT2D eigenvalue weighted by Crippen LogP contribution is 2.35. The molecule has 5 nitrogen and oxygen atoms in total. The van der Waals surface area contributed by atoms with Crippen LogP contribution in [0.1, 0.15) is 39.0 Å². The van der Waals surface area contributed by atoms with E-state index in [1.54, 1.807) is 0 Å². The van der Waals surface area contributed by atoms with Crippen LogP contribution < -0.4 is 5.43 Å². The average molecular weight is 266 g/mol. The minimum atomic E-state index is -0.181. The molecule has 1 fully saturated rings. The molecule has 0 aromatic heterocycles. The summed E-state index contributed by atoms with van der Waals surface area (Å²) < 4.78 is 4.73. The number of carbonyl (C=O) groups is 2. The molecule has 0 aromatic rings. The van der Waals surface area contributed by atoms with Crippen molar-refractivity contribution in [2.75, 3.05) is 7.11 Å². The molecule has 106 valence electrons. The zero-order valence-corrected chi connectivity index (χ0v) is 11.6. The van der Waals surface area contributed by atoms with Gasteiger partial charge in [-0.3, -0.25) is 9.59 Å². The first-order chi connectivity index (χ1) is 9.22. The highest BCUT2D eigenvalue weighted by molar-refractivity contribution is 5.90. The number of rotatable bonds is 7. The number of esters is 1. The summed E-state index contributed by atoms with van der Waals surface area (Å²) in [6.07, 6.45) is 8.81. The van der Waals surface area contributed by atoms with Gasteiger partial charge in [-0.1, -0.05) is 19.1 Å². The number of allylic oxidation sites excluding steroid dienone is 2. The maximum Gasteiger partial charge on any atom is 0.305 e. The second kappa shape index (κ2) is 8.45. The molecule has 1 amide bonds. The van der Waals surface area contributed by atoms with Crippen molar-refractivity contribution < 1.29 is 14.3 Å². The molecular formula is C14H22N2O3. The first kappa shape index (κ1) is 15.4. The molecule has 0 aromatic carbocycles. The first-order valence-electron chi connectivity index (χ1n) is 6.70. The highest BCUT2D eigenvalue weighted by Gasteiger charge is 2.33. The second-order valence-electron chi connectivity index (χ2n) is 4.65. The number of hydrazone groups is 1. The molecule has 0 saturated heterocycles. The topological polar surface area (TPSA) is 67.8 Å². The largest absolute Gasteiger partial charge is 0.469 e. The summed E-state index contributed by atoms with van der Waals surface area (Å²) in [6.45, 7) is 2.08. The minimum absolute atomic E-state index is 0.181. The number of hydrogen-bond donors (Lipinski definition) is 1. The van der Waals surface area contributed by atoms with E-state index in [1.165, 1.54) is 7.11 Å². The third kappa shape index (κ3) is 4.85. The third-order valence-corrected chi connectivity index (χ3v) is 3.48. The Morgan fingerprint density at radius 3 is 2.95 bits per heavy atom. The number of nitrogens with zero attached hydrogens (tertiary/aromatic N) is 1. The Labute approximate surface area is 114 Å². The van der Waals surface area contributed by atoms with Gasteiger partial charge in [-0.2, -0.15) is 5.10 Å². The Morgan fingerprint density at radius 2 is 2.32 bits per heavy atom. The van der Waals surface area contributed by atoms with Gasteiger partial charge in [0.05, 0.1) is 7.11 Å². The lowest BCUT2D eigenvalue weighted by molar-refractivity contribution is -0.141. The van der Waals surface area contributed by atoms with E-state index >= 15 is 0 Å². The number of hydrogen-bond acceptors (Lipinski definition) is 4. The molecule has 19 heavy (non-hydrogen) atoms. The second-order valence-corrected chi connectivity index (χ2v) is 4.65. The lowest BCUT2D eigenvalue weighted by Gasteiger charge is -2.17. The van der Waals surface area contributed by atoms with Crippen LogP contribution in [0.3, 0.4) is 0 Å². The van der Waals surface area contributed by atoms with Gasteiger partial charge in [-0.25, -0.2) is 5.43 Å². The van der Waals surface area contributed by atoms with E-state index in [0.717, 1.165) is 31.4 Å². The minimum Gasteiger partial charge on any atom is -0.469 e. The molecule has 2 atom stereocenters. The maximum absolute atomic E-state index is 11.4. The maximum atomic E-state index is 11.4. The molecule has 0 radical (unpaired) electrons. The fourth-order valence-corrected chi connectivity index (χ4v) is 2.52. The van der Waals surface area contributed by atoms with E-state index in [1.807, 2.05) is 0 Å². The fourth-order valence-electron chi connectivity index (χ4n) is 2.52. The zero-order valence-electron chi connectivity index (χ0n) is 11.6. The SMILES string of the molecule is CC/C=C\CC1/C(=N\NC=O)CCC1CC(=O)OC. The van der Waals surface area contributed by atoms with Gasteiger partial charge in [0.1, 0.15) is 0 Å². The summed E-state index contributed by atoms with van der Waals surface area (Å²) in [7, 11) is 1.41. The molecule has 5 heteroatoms. The van der Waals surface area contributed by atoms with E-state index in [-0.39, 0.29) is 17.8 Å². The van der Waals surface area contributed by atoms with Crippen molar-refractivity contribution in [3.63, 3.8) is 0 Å². The summed E-state index contributed by atoms with van der Waals surface area (Å²) in [4.78, 5) is 21.7. The standard InChI is InChI=1S/C14H22N2O3/c1-3-4-5-6-12-11(9-14(18)19-2)7-8-13(12)16-15-10-17/h4-5,10-12H,3,6-9H2,1-2H3,(H,15,17)/b5-4-,16-13-. The predicted molar refractivity (Wildman–Crippen MR) is 73.5 cm³/mol. The van der Waals surface area contributed by atoms with E-state index in [4.69, 9.17) is 4.74 Å². The Balaban J connectivity index is 2.71. The van der Waals surface area contributed by atoms with Crippen molar-refractivity contribution in [1.82, 2.24) is 5.43 Å². The molecular weight excluding hydrogens is 244 g/mol. The molecule has 0 heterocycles. The Kier molecular flexibility index (Phi) is 6.85. The number of nitrogens with one attached hydrogen (secondary N) is 1. The monoisotopic (exact) mass is 266 g/mol. The molecule has 2 unspecified atom stereocenters. The molecule has 1 saturated carbocycles. The Morgan fingerprint density at radius 1 is 1.53 bits per heavy atom. The summed E-state index contributed by atoms with van der Waals surface area (Å²) in [5, 5.41) is 4.10. The quantitative estimate of drug-likeness (QED) is 0.332. The van der Waals surface area contributed by atoms with Crippen LogP contribution in [0.2, 0.25) is 0 Å². The Hall–Kier alpha value is -1.65. The Bertz CT molecular complexity index is 364. The van der Waals surface area contributed by atoms with E-state index in [0.29, 0.717) is 12.8 Å². The van der Waals surface area contributed by atoms with Crippen LogP contribution in [-0.4, -0.2) is 25.2 Å². The van der Waals surface area contributed by atoms with Crippen molar-refractivity contribution in [3.8, 4) is 0 Å². The molecule has 0 aliphatic heterocycles. The number of methoxy groups -OCH3 is 1. The fraction of sp³-hybridized carbons (Fsp3) is 0.643. The summed E-state index contributed by atoms with van der Waals surface area (Å²) >= 11 is 0. The summed E-state index contributed by atoms with van der Waals surface area (Å²) in [5.41, 5.74) is 3.34. The molecule has 1 N–H and O–H groups in total. The normalized spacial score (nSPS) is 24.8. The highest BCUT2D eigenvalue weighted by atomic mass is 16.5. The van der Waals surface area contributed by atoms with Crippen LogP contribution in [0.4, 0.5) is 0 Å². The number of amides is 1. The number of carbonyl (C=O) groups excluding carboxylic acids is 2. The number of ether oxygens (including phenoxy) is 1. The van der Waals surface area contributed by atoms with Gasteiger partial charge in [0.15, 0.2) is 0 Å². The van der Waals surface area contributed by atoms with Crippen LogP contribution in [0.25, 0.3) is 0 Å². The average Bonchev–Trinajstić information content (AvgIpc) is 2.79. The van der Waals surface area contributed by atoms with Crippen molar-refractivity contribution in [1.29, 1.82) is 0 Å². The van der Waals surface area contributed by atoms with Crippen LogP contribution in [0, 0.1) is 11.8 Å². The molecule has 0 bridgehead atoms. The summed E-state index contributed by atoms with van der Waals surface area (Å²) in [5.74, 6) is 0.287. The van der Waals surface area contributed by atoms with Gasteiger partial charge in [0.2, 0.25) is 6.41 Å². The first-order valence-corrected chi connectivity index (χ1v) is 6.70. The van der Waals surface area contributed by atoms with Gasteiger partial charge in [0, 0.05) is 18.1 Å². The van der Waals surface area contributed by atoms with Gasteiger partial charge in [-0.05, 0) is 31.6 Å². The van der Waals surface area contributed by atoms with E-state index in [9.17, 15) is 9.59 Å². The lowest BCUT2D eigenvalue weighted by atomic mass is 9.89. The molecule has 0 spiro atoms. The lowest BCUT2D eigenvalue weighted by Crippen LogP contribution is -2.20. The van der Waals surface area contributed by atoms with Crippen LogP contribution in [0.5, 0.6) is 0 Å². The zero-order chi connectivity index (χ0) is 14.1. The van der Waals surface area contributed by atoms with Crippen molar-refractivity contribution in [2.24, 2.45) is 16.9 Å². The van der Waals surface area contributed by atoms with Gasteiger partial charge in [0.25, 0.3) is 0 Å².